The van der Waals surface area contributed by atoms with Crippen molar-refractivity contribution >= 4 is 17.7 Å². The number of hydrogen-bond donors (Lipinski definition) is 5. The number of rotatable bonds is 15. The van der Waals surface area contributed by atoms with Gasteiger partial charge in [-0.25, -0.2) is 0 Å². The van der Waals surface area contributed by atoms with Gasteiger partial charge in [-0.3, -0.25) is 14.4 Å². The summed E-state index contributed by atoms with van der Waals surface area (Å²) in [6.45, 7) is 7.92. The molecule has 0 bridgehead atoms. The van der Waals surface area contributed by atoms with Crippen LogP contribution in [0.5, 0.6) is 0 Å². The van der Waals surface area contributed by atoms with Gasteiger partial charge in [0.1, 0.15) is 0 Å². The molecular formula is C30H49N3O5. The van der Waals surface area contributed by atoms with Crippen LogP contribution in [0.4, 0.5) is 0 Å². The molecule has 0 heterocycles. The number of carbonyl (C=O) groups excluding carboxylic acids is 3. The molecule has 1 aliphatic carbocycles. The molecule has 0 aromatic heterocycles. The van der Waals surface area contributed by atoms with Crippen molar-refractivity contribution in [2.75, 3.05) is 6.54 Å². The number of hydrogen-bond acceptors (Lipinski definition) is 5. The third kappa shape index (κ3) is 10.0. The van der Waals surface area contributed by atoms with Gasteiger partial charge in [-0.1, -0.05) is 63.9 Å². The summed E-state index contributed by atoms with van der Waals surface area (Å²) in [5.74, 6) is -1.32. The highest BCUT2D eigenvalue weighted by Crippen LogP contribution is 2.36. The molecule has 1 aromatic rings. The standard InChI is InChI=1S/C30H49N3O5/c1-5-7-17-31-28(36)21(3)18-26(35)25(19-23-13-9-8-10-14-23)33-29(37)24-15-11-16-30(38,20-24)27(12-6-2)32-22(4)34/h8-10,13-14,21,24-27,35,38H,5-7,11-12,15-20H2,1-4H3,(H,31,36)(H,32,34)(H,33,37)/t21-,24-,25+,26+,27-,30-/m1/s1. The topological polar surface area (TPSA) is 128 Å². The van der Waals surface area contributed by atoms with E-state index in [4.69, 9.17) is 0 Å². The van der Waals surface area contributed by atoms with Crippen LogP contribution in [-0.4, -0.2) is 58.3 Å². The molecule has 8 heteroatoms. The molecule has 0 spiro atoms. The van der Waals surface area contributed by atoms with Crippen LogP contribution in [0.2, 0.25) is 0 Å². The average Bonchev–Trinajstić information content (AvgIpc) is 2.88. The summed E-state index contributed by atoms with van der Waals surface area (Å²) < 4.78 is 0. The van der Waals surface area contributed by atoms with E-state index in [-0.39, 0.29) is 30.6 Å². The highest BCUT2D eigenvalue weighted by molar-refractivity contribution is 5.80. The summed E-state index contributed by atoms with van der Waals surface area (Å²) in [6, 6.07) is 8.68. The van der Waals surface area contributed by atoms with E-state index < -0.39 is 35.6 Å². The van der Waals surface area contributed by atoms with Crippen molar-refractivity contribution < 1.29 is 24.6 Å². The Hall–Kier alpha value is -2.45. The molecule has 5 N–H and O–H groups in total. The van der Waals surface area contributed by atoms with E-state index in [1.807, 2.05) is 37.3 Å². The molecule has 214 valence electrons. The van der Waals surface area contributed by atoms with E-state index in [1.165, 1.54) is 6.92 Å². The van der Waals surface area contributed by atoms with Crippen LogP contribution in [0.1, 0.15) is 91.0 Å². The summed E-state index contributed by atoms with van der Waals surface area (Å²) in [5, 5.41) is 31.5. The van der Waals surface area contributed by atoms with E-state index in [0.717, 1.165) is 24.8 Å². The van der Waals surface area contributed by atoms with Gasteiger partial charge in [0.2, 0.25) is 17.7 Å². The van der Waals surface area contributed by atoms with Crippen molar-refractivity contribution in [2.45, 2.75) is 116 Å². The Bertz CT molecular complexity index is 880. The highest BCUT2D eigenvalue weighted by atomic mass is 16.3. The predicted octanol–water partition coefficient (Wildman–Crippen LogP) is 3.24. The lowest BCUT2D eigenvalue weighted by Crippen LogP contribution is -2.56. The lowest BCUT2D eigenvalue weighted by molar-refractivity contribution is -0.134. The van der Waals surface area contributed by atoms with E-state index in [1.54, 1.807) is 6.92 Å². The van der Waals surface area contributed by atoms with E-state index >= 15 is 0 Å². The van der Waals surface area contributed by atoms with Gasteiger partial charge in [-0.05, 0) is 56.9 Å². The first-order valence-corrected chi connectivity index (χ1v) is 14.4. The van der Waals surface area contributed by atoms with Gasteiger partial charge in [0.05, 0.1) is 23.8 Å². The lowest BCUT2D eigenvalue weighted by Gasteiger charge is -2.42. The molecule has 1 saturated carbocycles. The Morgan fingerprint density at radius 2 is 1.82 bits per heavy atom. The van der Waals surface area contributed by atoms with Crippen LogP contribution in [-0.2, 0) is 20.8 Å². The van der Waals surface area contributed by atoms with Crippen molar-refractivity contribution in [2.24, 2.45) is 11.8 Å². The van der Waals surface area contributed by atoms with Crippen molar-refractivity contribution in [1.82, 2.24) is 16.0 Å². The SMILES string of the molecule is CCCCNC(=O)[C@H](C)C[C@H](O)[C@H](Cc1ccccc1)NC(=O)[C@@H]1CCC[C@](O)([C@@H](CCC)NC(C)=O)C1. The number of aliphatic hydroxyl groups is 2. The molecule has 38 heavy (non-hydrogen) atoms. The van der Waals surface area contributed by atoms with Crippen LogP contribution < -0.4 is 16.0 Å². The average molecular weight is 532 g/mol. The molecule has 0 unspecified atom stereocenters. The molecule has 1 aliphatic rings. The third-order valence-corrected chi connectivity index (χ3v) is 7.70. The highest BCUT2D eigenvalue weighted by Gasteiger charge is 2.43. The van der Waals surface area contributed by atoms with Gasteiger partial charge < -0.3 is 26.2 Å². The molecule has 3 amide bonds. The molecule has 8 nitrogen and oxygen atoms in total. The van der Waals surface area contributed by atoms with E-state index in [0.29, 0.717) is 38.6 Å². The van der Waals surface area contributed by atoms with Gasteiger partial charge in [-0.2, -0.15) is 0 Å². The fourth-order valence-corrected chi connectivity index (χ4v) is 5.48. The second kappa shape index (κ2) is 15.8. The Labute approximate surface area is 228 Å². The van der Waals surface area contributed by atoms with Crippen molar-refractivity contribution in [3.8, 4) is 0 Å². The maximum absolute atomic E-state index is 13.5. The number of carbonyl (C=O) groups is 3. The summed E-state index contributed by atoms with van der Waals surface area (Å²) in [5.41, 5.74) is -0.175. The molecule has 6 atom stereocenters. The molecule has 0 saturated heterocycles. The Kier molecular flexibility index (Phi) is 13.2. The third-order valence-electron chi connectivity index (χ3n) is 7.70. The Morgan fingerprint density at radius 1 is 1.11 bits per heavy atom. The Balaban J connectivity index is 2.13. The van der Waals surface area contributed by atoms with Crippen LogP contribution in [0.25, 0.3) is 0 Å². The quantitative estimate of drug-likeness (QED) is 0.222. The first kappa shape index (κ1) is 31.8. The minimum Gasteiger partial charge on any atom is -0.391 e. The van der Waals surface area contributed by atoms with E-state index in [9.17, 15) is 24.6 Å². The minimum absolute atomic E-state index is 0.0976. The zero-order chi connectivity index (χ0) is 28.1. The zero-order valence-electron chi connectivity index (χ0n) is 23.7. The smallest absolute Gasteiger partial charge is 0.223 e. The van der Waals surface area contributed by atoms with E-state index in [2.05, 4.69) is 22.9 Å². The second-order valence-electron chi connectivity index (χ2n) is 11.1. The predicted molar refractivity (Wildman–Crippen MR) is 149 cm³/mol. The fraction of sp³-hybridized carbons (Fsp3) is 0.700. The number of aliphatic hydroxyl groups excluding tert-OH is 1. The molecule has 2 rings (SSSR count). The number of unbranched alkanes of at least 4 members (excludes halogenated alkanes) is 1. The van der Waals surface area contributed by atoms with Gasteiger partial charge >= 0.3 is 0 Å². The van der Waals surface area contributed by atoms with Crippen molar-refractivity contribution in [1.29, 1.82) is 0 Å². The minimum atomic E-state index is -1.15. The van der Waals surface area contributed by atoms with Gasteiger partial charge in [-0.15, -0.1) is 0 Å². The van der Waals surface area contributed by atoms with Crippen LogP contribution in [0.3, 0.4) is 0 Å². The zero-order valence-corrected chi connectivity index (χ0v) is 23.7. The number of amides is 3. The molecule has 1 aromatic carbocycles. The molecular weight excluding hydrogens is 482 g/mol. The largest absolute Gasteiger partial charge is 0.391 e. The summed E-state index contributed by atoms with van der Waals surface area (Å²) in [4.78, 5) is 37.8. The summed E-state index contributed by atoms with van der Waals surface area (Å²) in [6.07, 6.45) is 5.18. The fourth-order valence-electron chi connectivity index (χ4n) is 5.48. The van der Waals surface area contributed by atoms with Crippen LogP contribution in [0.15, 0.2) is 30.3 Å². The van der Waals surface area contributed by atoms with Crippen LogP contribution in [0, 0.1) is 11.8 Å². The van der Waals surface area contributed by atoms with Gasteiger partial charge in [0.25, 0.3) is 0 Å². The molecule has 0 radical (unpaired) electrons. The van der Waals surface area contributed by atoms with Crippen molar-refractivity contribution in [3.63, 3.8) is 0 Å². The molecule has 0 aliphatic heterocycles. The molecule has 1 fully saturated rings. The maximum atomic E-state index is 13.5. The normalized spacial score (nSPS) is 22.5. The number of benzene rings is 1. The first-order chi connectivity index (χ1) is 18.1. The van der Waals surface area contributed by atoms with Crippen LogP contribution >= 0.6 is 0 Å². The maximum Gasteiger partial charge on any atom is 0.223 e. The second-order valence-corrected chi connectivity index (χ2v) is 11.1. The van der Waals surface area contributed by atoms with Crippen molar-refractivity contribution in [3.05, 3.63) is 35.9 Å². The number of nitrogens with one attached hydrogen (secondary N) is 3. The van der Waals surface area contributed by atoms with Gasteiger partial charge in [0, 0.05) is 25.3 Å². The summed E-state index contributed by atoms with van der Waals surface area (Å²) >= 11 is 0. The Morgan fingerprint density at radius 3 is 2.45 bits per heavy atom. The van der Waals surface area contributed by atoms with Gasteiger partial charge in [0.15, 0.2) is 0 Å². The summed E-state index contributed by atoms with van der Waals surface area (Å²) in [7, 11) is 0. The lowest BCUT2D eigenvalue weighted by atomic mass is 9.72. The first-order valence-electron chi connectivity index (χ1n) is 14.4. The monoisotopic (exact) mass is 531 g/mol.